The minimum atomic E-state index is 0.239. The molecule has 0 aromatic carbocycles. The average Bonchev–Trinajstić information content (AvgIpc) is 2.43. The molecule has 2 rings (SSSR count). The van der Waals surface area contributed by atoms with Crippen molar-refractivity contribution < 1.29 is 5.11 Å². The van der Waals surface area contributed by atoms with Crippen molar-refractivity contribution in [2.45, 2.75) is 26.2 Å². The summed E-state index contributed by atoms with van der Waals surface area (Å²) >= 11 is 12.4. The van der Waals surface area contributed by atoms with Crippen LogP contribution in [-0.4, -0.2) is 36.3 Å². The van der Waals surface area contributed by atoms with Gasteiger partial charge in [0.1, 0.15) is 11.6 Å². The molecule has 0 saturated carbocycles. The first kappa shape index (κ1) is 15.7. The molecule has 1 aromatic heterocycles. The van der Waals surface area contributed by atoms with E-state index in [0.717, 1.165) is 44.7 Å². The van der Waals surface area contributed by atoms with Crippen LogP contribution in [0.5, 0.6) is 0 Å². The number of anilines is 2. The number of aliphatic hydroxyl groups excluding tert-OH is 1. The third-order valence-corrected chi connectivity index (χ3v) is 4.18. The van der Waals surface area contributed by atoms with Crippen molar-refractivity contribution in [3.8, 4) is 0 Å². The van der Waals surface area contributed by atoms with Crippen molar-refractivity contribution >= 4 is 34.8 Å². The standard InChI is InChI=1S/C14H21Cl2N3O/c1-2-17-13-11(15)8-12(16)14(18-13)19-6-3-4-10(9-19)5-7-20/h8,10,20H,2-7,9H2,1H3,(H,17,18). The van der Waals surface area contributed by atoms with E-state index >= 15 is 0 Å². The van der Waals surface area contributed by atoms with E-state index in [9.17, 15) is 0 Å². The third kappa shape index (κ3) is 3.68. The molecule has 20 heavy (non-hydrogen) atoms. The highest BCUT2D eigenvalue weighted by Gasteiger charge is 2.23. The van der Waals surface area contributed by atoms with Gasteiger partial charge in [-0.05, 0) is 38.2 Å². The monoisotopic (exact) mass is 317 g/mol. The van der Waals surface area contributed by atoms with Gasteiger partial charge in [0.2, 0.25) is 0 Å². The van der Waals surface area contributed by atoms with Crippen LogP contribution in [0.2, 0.25) is 10.0 Å². The zero-order valence-corrected chi connectivity index (χ0v) is 13.2. The highest BCUT2D eigenvalue weighted by Crippen LogP contribution is 2.33. The molecule has 2 N–H and O–H groups in total. The summed E-state index contributed by atoms with van der Waals surface area (Å²) in [6, 6.07) is 1.75. The highest BCUT2D eigenvalue weighted by molar-refractivity contribution is 6.37. The van der Waals surface area contributed by atoms with Gasteiger partial charge in [-0.25, -0.2) is 4.98 Å². The minimum absolute atomic E-state index is 0.239. The molecule has 1 aromatic rings. The second-order valence-electron chi connectivity index (χ2n) is 5.12. The fraction of sp³-hybridized carbons (Fsp3) is 0.643. The molecule has 112 valence electrons. The van der Waals surface area contributed by atoms with Crippen molar-refractivity contribution in [2.24, 2.45) is 5.92 Å². The number of hydrogen-bond donors (Lipinski definition) is 2. The Morgan fingerprint density at radius 3 is 2.95 bits per heavy atom. The van der Waals surface area contributed by atoms with Crippen LogP contribution in [-0.2, 0) is 0 Å². The lowest BCUT2D eigenvalue weighted by molar-refractivity contribution is 0.244. The van der Waals surface area contributed by atoms with Gasteiger partial charge in [-0.3, -0.25) is 0 Å². The number of nitrogens with one attached hydrogen (secondary N) is 1. The molecule has 1 aliphatic heterocycles. The largest absolute Gasteiger partial charge is 0.396 e. The van der Waals surface area contributed by atoms with Gasteiger partial charge < -0.3 is 15.3 Å². The van der Waals surface area contributed by atoms with E-state index in [1.807, 2.05) is 6.92 Å². The van der Waals surface area contributed by atoms with Crippen molar-refractivity contribution in [3.05, 3.63) is 16.1 Å². The Bertz CT molecular complexity index is 454. The molecule has 0 aliphatic carbocycles. The van der Waals surface area contributed by atoms with Crippen LogP contribution < -0.4 is 10.2 Å². The number of hydrogen-bond acceptors (Lipinski definition) is 4. The van der Waals surface area contributed by atoms with Crippen LogP contribution >= 0.6 is 23.2 Å². The molecule has 0 bridgehead atoms. The Morgan fingerprint density at radius 2 is 2.25 bits per heavy atom. The smallest absolute Gasteiger partial charge is 0.149 e. The van der Waals surface area contributed by atoms with Gasteiger partial charge in [0.25, 0.3) is 0 Å². The number of halogens is 2. The molecule has 1 unspecified atom stereocenters. The quantitative estimate of drug-likeness (QED) is 0.873. The summed E-state index contributed by atoms with van der Waals surface area (Å²) in [5.74, 6) is 1.97. The molecule has 1 atom stereocenters. The van der Waals surface area contributed by atoms with Gasteiger partial charge in [-0.1, -0.05) is 23.2 Å². The van der Waals surface area contributed by atoms with Crippen LogP contribution in [0.15, 0.2) is 6.07 Å². The number of pyridine rings is 1. The van der Waals surface area contributed by atoms with E-state index in [2.05, 4.69) is 15.2 Å². The SMILES string of the molecule is CCNc1nc(N2CCCC(CCO)C2)c(Cl)cc1Cl. The highest BCUT2D eigenvalue weighted by atomic mass is 35.5. The summed E-state index contributed by atoms with van der Waals surface area (Å²) in [5.41, 5.74) is 0. The Morgan fingerprint density at radius 1 is 1.45 bits per heavy atom. The van der Waals surface area contributed by atoms with Gasteiger partial charge in [-0.2, -0.15) is 0 Å². The lowest BCUT2D eigenvalue weighted by Crippen LogP contribution is -2.36. The first-order valence-electron chi connectivity index (χ1n) is 7.11. The number of rotatable bonds is 5. The number of aromatic nitrogens is 1. The second-order valence-corrected chi connectivity index (χ2v) is 5.94. The van der Waals surface area contributed by atoms with Gasteiger partial charge >= 0.3 is 0 Å². The summed E-state index contributed by atoms with van der Waals surface area (Å²) in [6.45, 7) is 4.84. The van der Waals surface area contributed by atoms with Crippen molar-refractivity contribution in [3.63, 3.8) is 0 Å². The predicted molar refractivity (Wildman–Crippen MR) is 85.1 cm³/mol. The van der Waals surface area contributed by atoms with E-state index < -0.39 is 0 Å². The summed E-state index contributed by atoms with van der Waals surface area (Å²) in [7, 11) is 0. The Balaban J connectivity index is 2.20. The third-order valence-electron chi connectivity index (χ3n) is 3.61. The zero-order chi connectivity index (χ0) is 14.5. The fourth-order valence-corrected chi connectivity index (χ4v) is 3.19. The van der Waals surface area contributed by atoms with Crippen LogP contribution in [0, 0.1) is 5.92 Å². The summed E-state index contributed by atoms with van der Waals surface area (Å²) in [6.07, 6.45) is 3.09. The van der Waals surface area contributed by atoms with Gasteiger partial charge in [0.05, 0.1) is 10.0 Å². The Hall–Kier alpha value is -0.710. The minimum Gasteiger partial charge on any atom is -0.396 e. The molecule has 0 spiro atoms. The van der Waals surface area contributed by atoms with Crippen molar-refractivity contribution in [1.82, 2.24) is 4.98 Å². The molecule has 1 aliphatic rings. The fourth-order valence-electron chi connectivity index (χ4n) is 2.65. The van der Waals surface area contributed by atoms with Crippen LogP contribution in [0.3, 0.4) is 0 Å². The second kappa shape index (κ2) is 7.34. The van der Waals surface area contributed by atoms with E-state index in [0.29, 0.717) is 21.8 Å². The number of piperidine rings is 1. The van der Waals surface area contributed by atoms with E-state index in [1.165, 1.54) is 0 Å². The maximum atomic E-state index is 9.09. The van der Waals surface area contributed by atoms with Crippen LogP contribution in [0.1, 0.15) is 26.2 Å². The van der Waals surface area contributed by atoms with Gasteiger partial charge in [-0.15, -0.1) is 0 Å². The summed E-state index contributed by atoms with van der Waals surface area (Å²) < 4.78 is 0. The van der Waals surface area contributed by atoms with Crippen molar-refractivity contribution in [1.29, 1.82) is 0 Å². The topological polar surface area (TPSA) is 48.4 Å². The average molecular weight is 318 g/mol. The number of nitrogens with zero attached hydrogens (tertiary/aromatic N) is 2. The predicted octanol–water partition coefficient (Wildman–Crippen LogP) is 3.42. The zero-order valence-electron chi connectivity index (χ0n) is 11.7. The Kier molecular flexibility index (Phi) is 5.75. The van der Waals surface area contributed by atoms with Gasteiger partial charge in [0.15, 0.2) is 0 Å². The van der Waals surface area contributed by atoms with Crippen LogP contribution in [0.25, 0.3) is 0 Å². The molecular formula is C14H21Cl2N3O. The summed E-state index contributed by atoms with van der Waals surface area (Å²) in [5, 5.41) is 13.4. The lowest BCUT2D eigenvalue weighted by atomic mass is 9.95. The molecule has 0 radical (unpaired) electrons. The lowest BCUT2D eigenvalue weighted by Gasteiger charge is -2.34. The molecule has 1 saturated heterocycles. The summed E-state index contributed by atoms with van der Waals surface area (Å²) in [4.78, 5) is 6.77. The number of aliphatic hydroxyl groups is 1. The molecule has 1 fully saturated rings. The molecule has 6 heteroatoms. The first-order chi connectivity index (χ1) is 9.65. The molecule has 0 amide bonds. The first-order valence-corrected chi connectivity index (χ1v) is 7.87. The molecule has 2 heterocycles. The van der Waals surface area contributed by atoms with Crippen molar-refractivity contribution in [2.75, 3.05) is 36.5 Å². The van der Waals surface area contributed by atoms with Crippen LogP contribution in [0.4, 0.5) is 11.6 Å². The maximum Gasteiger partial charge on any atom is 0.149 e. The molecular weight excluding hydrogens is 297 g/mol. The van der Waals surface area contributed by atoms with E-state index in [1.54, 1.807) is 6.07 Å². The maximum absolute atomic E-state index is 9.09. The van der Waals surface area contributed by atoms with E-state index in [4.69, 9.17) is 28.3 Å². The van der Waals surface area contributed by atoms with Gasteiger partial charge in [0, 0.05) is 26.2 Å². The van der Waals surface area contributed by atoms with E-state index in [-0.39, 0.29) is 6.61 Å². The normalized spacial score (nSPS) is 19.2. The molecule has 4 nitrogen and oxygen atoms in total. The Labute approximate surface area is 130 Å².